The number of benzene rings is 1. The molecule has 0 radical (unpaired) electrons. The first-order chi connectivity index (χ1) is 11.3. The number of nitrogens with zero attached hydrogens (tertiary/aromatic N) is 2. The van der Waals surface area contributed by atoms with Crippen LogP contribution in [0, 0.1) is 6.92 Å². The maximum atomic E-state index is 12.6. The minimum absolute atomic E-state index is 0.0534. The first-order valence-corrected chi connectivity index (χ1v) is 9.83. The molecule has 1 fully saturated rings. The fraction of sp³-hybridized carbons (Fsp3) is 0.471. The molecule has 2 aromatic rings. The van der Waals surface area contributed by atoms with Crippen molar-refractivity contribution in [2.24, 2.45) is 0 Å². The molecule has 0 unspecified atom stereocenters. The quantitative estimate of drug-likeness (QED) is 0.851. The second kappa shape index (κ2) is 6.22. The van der Waals surface area contributed by atoms with E-state index in [0.29, 0.717) is 37.3 Å². The molecule has 3 rings (SSSR count). The summed E-state index contributed by atoms with van der Waals surface area (Å²) in [4.78, 5) is 14.4. The van der Waals surface area contributed by atoms with Crippen LogP contribution in [0.1, 0.15) is 29.0 Å². The number of rotatable bonds is 3. The summed E-state index contributed by atoms with van der Waals surface area (Å²) < 4.78 is 30.3. The van der Waals surface area contributed by atoms with E-state index in [4.69, 9.17) is 4.42 Å². The molecule has 1 aliphatic heterocycles. The van der Waals surface area contributed by atoms with Crippen LogP contribution in [0.25, 0.3) is 11.0 Å². The van der Waals surface area contributed by atoms with E-state index in [0.717, 1.165) is 10.9 Å². The van der Waals surface area contributed by atoms with Gasteiger partial charge in [0.2, 0.25) is 10.0 Å². The normalized spacial score (nSPS) is 16.9. The minimum Gasteiger partial charge on any atom is -0.451 e. The van der Waals surface area contributed by atoms with E-state index >= 15 is 0 Å². The van der Waals surface area contributed by atoms with Gasteiger partial charge in [0.15, 0.2) is 5.76 Å². The van der Waals surface area contributed by atoms with Gasteiger partial charge < -0.3 is 9.32 Å². The van der Waals surface area contributed by atoms with Gasteiger partial charge in [-0.25, -0.2) is 12.7 Å². The molecule has 24 heavy (non-hydrogen) atoms. The van der Waals surface area contributed by atoms with Gasteiger partial charge in [-0.15, -0.1) is 0 Å². The summed E-state index contributed by atoms with van der Waals surface area (Å²) in [5, 5.41) is 0.921. The Kier molecular flexibility index (Phi) is 4.40. The van der Waals surface area contributed by atoms with Crippen molar-refractivity contribution >= 4 is 26.9 Å². The molecule has 0 spiro atoms. The second-order valence-electron chi connectivity index (χ2n) is 6.45. The van der Waals surface area contributed by atoms with Gasteiger partial charge in [-0.05, 0) is 38.0 Å². The van der Waals surface area contributed by atoms with Crippen LogP contribution in [0.5, 0.6) is 0 Å². The number of piperidine rings is 1. The molecule has 1 saturated heterocycles. The highest BCUT2D eigenvalue weighted by atomic mass is 32.2. The monoisotopic (exact) mass is 350 g/mol. The Morgan fingerprint density at radius 1 is 1.25 bits per heavy atom. The molecule has 7 heteroatoms. The van der Waals surface area contributed by atoms with Crippen molar-refractivity contribution in [3.63, 3.8) is 0 Å². The lowest BCUT2D eigenvalue weighted by atomic mass is 10.1. The molecule has 1 amide bonds. The summed E-state index contributed by atoms with van der Waals surface area (Å²) in [7, 11) is -1.61. The molecule has 6 nitrogen and oxygen atoms in total. The van der Waals surface area contributed by atoms with E-state index in [1.165, 1.54) is 10.6 Å². The van der Waals surface area contributed by atoms with E-state index < -0.39 is 10.0 Å². The number of furan rings is 1. The second-order valence-corrected chi connectivity index (χ2v) is 8.50. The van der Waals surface area contributed by atoms with Crippen LogP contribution in [0.2, 0.25) is 0 Å². The number of aryl methyl sites for hydroxylation is 1. The average molecular weight is 350 g/mol. The summed E-state index contributed by atoms with van der Waals surface area (Å²) in [5.41, 5.74) is 1.82. The van der Waals surface area contributed by atoms with Gasteiger partial charge in [-0.1, -0.05) is 11.6 Å². The molecule has 2 heterocycles. The van der Waals surface area contributed by atoms with E-state index in [2.05, 4.69) is 0 Å². The van der Waals surface area contributed by atoms with Crippen molar-refractivity contribution in [3.05, 3.63) is 35.6 Å². The highest BCUT2D eigenvalue weighted by molar-refractivity contribution is 7.88. The molecule has 1 aromatic heterocycles. The Balaban J connectivity index is 1.70. The highest BCUT2D eigenvalue weighted by Crippen LogP contribution is 2.24. The van der Waals surface area contributed by atoms with Crippen molar-refractivity contribution in [3.8, 4) is 0 Å². The molecule has 0 N–H and O–H groups in total. The molecule has 0 aliphatic carbocycles. The fourth-order valence-electron chi connectivity index (χ4n) is 3.13. The molecular weight excluding hydrogens is 328 g/mol. The number of likely N-dealkylation sites (tertiary alicyclic amines) is 1. The molecule has 0 atom stereocenters. The number of hydrogen-bond donors (Lipinski definition) is 0. The van der Waals surface area contributed by atoms with Crippen LogP contribution >= 0.6 is 0 Å². The van der Waals surface area contributed by atoms with E-state index in [1.54, 1.807) is 18.0 Å². The summed E-state index contributed by atoms with van der Waals surface area (Å²) in [6.07, 6.45) is 2.48. The van der Waals surface area contributed by atoms with E-state index in [9.17, 15) is 13.2 Å². The van der Waals surface area contributed by atoms with E-state index in [1.807, 2.05) is 25.1 Å². The van der Waals surface area contributed by atoms with Crippen LogP contribution < -0.4 is 0 Å². The molecule has 1 aromatic carbocycles. The number of carbonyl (C=O) groups is 1. The van der Waals surface area contributed by atoms with Crippen molar-refractivity contribution in [2.45, 2.75) is 25.8 Å². The third kappa shape index (κ3) is 3.32. The van der Waals surface area contributed by atoms with Gasteiger partial charge in [-0.2, -0.15) is 0 Å². The smallest absolute Gasteiger partial charge is 0.289 e. The molecule has 1 aliphatic rings. The Morgan fingerprint density at radius 2 is 1.92 bits per heavy atom. The number of amides is 1. The van der Waals surface area contributed by atoms with Crippen molar-refractivity contribution < 1.29 is 17.6 Å². The highest BCUT2D eigenvalue weighted by Gasteiger charge is 2.30. The first-order valence-electron chi connectivity index (χ1n) is 7.98. The molecule has 130 valence electrons. The van der Waals surface area contributed by atoms with Gasteiger partial charge in [0, 0.05) is 31.6 Å². The molecule has 0 bridgehead atoms. The summed E-state index contributed by atoms with van der Waals surface area (Å²) >= 11 is 0. The molecule has 0 saturated carbocycles. The third-order valence-corrected chi connectivity index (χ3v) is 6.02. The van der Waals surface area contributed by atoms with Crippen LogP contribution in [0.3, 0.4) is 0 Å². The van der Waals surface area contributed by atoms with Gasteiger partial charge in [0.05, 0.1) is 6.26 Å². The number of fused-ring (bicyclic) bond motifs is 1. The fourth-order valence-corrected chi connectivity index (χ4v) is 3.88. The van der Waals surface area contributed by atoms with Crippen molar-refractivity contribution in [1.82, 2.24) is 9.21 Å². The lowest BCUT2D eigenvalue weighted by Gasteiger charge is -2.35. The van der Waals surface area contributed by atoms with Crippen LogP contribution in [0.4, 0.5) is 0 Å². The van der Waals surface area contributed by atoms with Gasteiger partial charge >= 0.3 is 0 Å². The Labute approximate surface area is 142 Å². The maximum absolute atomic E-state index is 12.6. The lowest BCUT2D eigenvalue weighted by molar-refractivity contribution is 0.0657. The zero-order chi connectivity index (χ0) is 17.5. The number of carbonyl (C=O) groups excluding carboxylic acids is 1. The molecular formula is C17H22N2O4S. The number of hydrogen-bond acceptors (Lipinski definition) is 4. The summed E-state index contributed by atoms with van der Waals surface area (Å²) in [6.45, 7) is 3.05. The largest absolute Gasteiger partial charge is 0.451 e. The van der Waals surface area contributed by atoms with Crippen LogP contribution in [-0.4, -0.2) is 56.0 Å². The summed E-state index contributed by atoms with van der Waals surface area (Å²) in [5.74, 6) is 0.204. The maximum Gasteiger partial charge on any atom is 0.289 e. The zero-order valence-corrected chi connectivity index (χ0v) is 15.0. The van der Waals surface area contributed by atoms with Crippen LogP contribution in [0.15, 0.2) is 28.7 Å². The third-order valence-electron chi connectivity index (χ3n) is 4.67. The predicted molar refractivity (Wildman–Crippen MR) is 92.5 cm³/mol. The Bertz CT molecular complexity index is 864. The summed E-state index contributed by atoms with van der Waals surface area (Å²) in [6, 6.07) is 7.53. The van der Waals surface area contributed by atoms with Gasteiger partial charge in [-0.3, -0.25) is 4.79 Å². The van der Waals surface area contributed by atoms with Gasteiger partial charge in [0.1, 0.15) is 5.58 Å². The van der Waals surface area contributed by atoms with Gasteiger partial charge in [0.25, 0.3) is 5.91 Å². The average Bonchev–Trinajstić information content (AvgIpc) is 2.95. The standard InChI is InChI=1S/C17H22N2O4S/c1-12-4-5-15-13(10-12)11-16(23-15)17(20)19-8-6-14(7-9-19)18(2)24(3,21)22/h4-5,10-11,14H,6-9H2,1-3H3. The first kappa shape index (κ1) is 17.0. The SMILES string of the molecule is Cc1ccc2oc(C(=O)N3CCC(N(C)S(C)(=O)=O)CC3)cc2c1. The number of sulfonamides is 1. The van der Waals surface area contributed by atoms with E-state index in [-0.39, 0.29) is 11.9 Å². The predicted octanol–water partition coefficient (Wildman–Crippen LogP) is 2.24. The Morgan fingerprint density at radius 3 is 2.54 bits per heavy atom. The Hall–Kier alpha value is -1.86. The lowest BCUT2D eigenvalue weighted by Crippen LogP contribution is -2.46. The minimum atomic E-state index is -3.20. The van der Waals surface area contributed by atoms with Crippen molar-refractivity contribution in [2.75, 3.05) is 26.4 Å². The van der Waals surface area contributed by atoms with Crippen molar-refractivity contribution in [1.29, 1.82) is 0 Å². The topological polar surface area (TPSA) is 70.8 Å². The van der Waals surface area contributed by atoms with Crippen LogP contribution in [-0.2, 0) is 10.0 Å². The zero-order valence-electron chi connectivity index (χ0n) is 14.2.